The van der Waals surface area contributed by atoms with Crippen molar-refractivity contribution >= 4 is 48.0 Å². The smallest absolute Gasteiger partial charge is 0.244 e. The summed E-state index contributed by atoms with van der Waals surface area (Å²) in [5, 5.41) is 5.86. The first-order chi connectivity index (χ1) is 13.0. The molecule has 1 aliphatic carbocycles. The summed E-state index contributed by atoms with van der Waals surface area (Å²) in [7, 11) is 0. The third-order valence-corrected chi connectivity index (χ3v) is 5.69. The Morgan fingerprint density at radius 3 is 1.86 bits per heavy atom. The van der Waals surface area contributed by atoms with Gasteiger partial charge in [-0.15, -0.1) is 24.8 Å². The van der Waals surface area contributed by atoms with E-state index in [1.54, 1.807) is 0 Å². The molecule has 164 valence electrons. The molecule has 2 fully saturated rings. The molecule has 0 aromatic heterocycles. The largest absolute Gasteiger partial charge is 0.325 e. The minimum absolute atomic E-state index is 0. The van der Waals surface area contributed by atoms with E-state index in [0.717, 1.165) is 50.9 Å². The van der Waals surface area contributed by atoms with Crippen LogP contribution in [0.5, 0.6) is 0 Å². The summed E-state index contributed by atoms with van der Waals surface area (Å²) in [4.78, 5) is 27.0. The average molecular weight is 445 g/mol. The summed E-state index contributed by atoms with van der Waals surface area (Å²) in [5.74, 6) is -0.100. The van der Waals surface area contributed by atoms with Gasteiger partial charge in [0.2, 0.25) is 11.8 Å². The van der Waals surface area contributed by atoms with E-state index in [9.17, 15) is 9.59 Å². The zero-order valence-electron chi connectivity index (χ0n) is 17.0. The van der Waals surface area contributed by atoms with Crippen LogP contribution in [0.2, 0.25) is 0 Å². The standard InChI is InChI=1S/C21H32N4O2.2ClH/c22-21(12-4-3-5-13-21)20(27)24-18-10-8-17(9-11-18)23-19(26)16-25-14-6-1-2-7-15-25;;/h8-11H,1-7,12-16,22H2,(H,23,26)(H,24,27);2*1H. The zero-order valence-corrected chi connectivity index (χ0v) is 18.6. The lowest BCUT2D eigenvalue weighted by molar-refractivity contribution is -0.122. The Morgan fingerprint density at radius 1 is 0.828 bits per heavy atom. The van der Waals surface area contributed by atoms with Crippen molar-refractivity contribution in [1.29, 1.82) is 0 Å². The Kier molecular flexibility index (Phi) is 11.0. The van der Waals surface area contributed by atoms with Gasteiger partial charge in [0.05, 0.1) is 12.1 Å². The molecular formula is C21H34Cl2N4O2. The number of halogens is 2. The maximum Gasteiger partial charge on any atom is 0.244 e. The van der Waals surface area contributed by atoms with Gasteiger partial charge in [0.15, 0.2) is 0 Å². The number of hydrogen-bond donors (Lipinski definition) is 3. The quantitative estimate of drug-likeness (QED) is 0.641. The third kappa shape index (κ3) is 7.78. The fourth-order valence-electron chi connectivity index (χ4n) is 4.00. The highest BCUT2D eigenvalue weighted by molar-refractivity contribution is 5.98. The molecule has 1 heterocycles. The minimum Gasteiger partial charge on any atom is -0.325 e. The number of carbonyl (C=O) groups excluding carboxylic acids is 2. The maximum atomic E-state index is 12.5. The first-order valence-electron chi connectivity index (χ1n) is 10.3. The van der Waals surface area contributed by atoms with Gasteiger partial charge in [-0.2, -0.15) is 0 Å². The van der Waals surface area contributed by atoms with Gasteiger partial charge in [-0.25, -0.2) is 0 Å². The fourth-order valence-corrected chi connectivity index (χ4v) is 4.00. The highest BCUT2D eigenvalue weighted by atomic mass is 35.5. The number of hydrogen-bond acceptors (Lipinski definition) is 4. The Hall–Kier alpha value is -1.34. The van der Waals surface area contributed by atoms with Crippen LogP contribution in [0.1, 0.15) is 57.8 Å². The van der Waals surface area contributed by atoms with Crippen molar-refractivity contribution in [1.82, 2.24) is 4.90 Å². The normalized spacial score (nSPS) is 19.1. The van der Waals surface area contributed by atoms with E-state index in [0.29, 0.717) is 12.2 Å². The first kappa shape index (κ1) is 25.7. The molecule has 3 rings (SSSR count). The number of anilines is 2. The number of benzene rings is 1. The van der Waals surface area contributed by atoms with Gasteiger partial charge in [-0.3, -0.25) is 14.5 Å². The first-order valence-corrected chi connectivity index (χ1v) is 10.3. The number of nitrogens with zero attached hydrogens (tertiary/aromatic N) is 1. The van der Waals surface area contributed by atoms with Crippen molar-refractivity contribution in [3.8, 4) is 0 Å². The Balaban J connectivity index is 0.00000210. The zero-order chi connectivity index (χ0) is 19.1. The SMILES string of the molecule is Cl.Cl.NC1(C(=O)Nc2ccc(NC(=O)CN3CCCCCC3)cc2)CCCCC1. The highest BCUT2D eigenvalue weighted by Crippen LogP contribution is 2.27. The van der Waals surface area contributed by atoms with Crippen molar-refractivity contribution in [2.24, 2.45) is 5.73 Å². The van der Waals surface area contributed by atoms with Crippen LogP contribution in [0.4, 0.5) is 11.4 Å². The van der Waals surface area contributed by atoms with E-state index < -0.39 is 5.54 Å². The van der Waals surface area contributed by atoms with E-state index in [-0.39, 0.29) is 36.6 Å². The van der Waals surface area contributed by atoms with Gasteiger partial charge >= 0.3 is 0 Å². The van der Waals surface area contributed by atoms with Gasteiger partial charge in [0.25, 0.3) is 0 Å². The van der Waals surface area contributed by atoms with Crippen molar-refractivity contribution in [3.63, 3.8) is 0 Å². The molecule has 1 aromatic carbocycles. The van der Waals surface area contributed by atoms with Crippen LogP contribution in [0, 0.1) is 0 Å². The van der Waals surface area contributed by atoms with Crippen LogP contribution < -0.4 is 16.4 Å². The molecule has 8 heteroatoms. The van der Waals surface area contributed by atoms with E-state index >= 15 is 0 Å². The van der Waals surface area contributed by atoms with Gasteiger partial charge in [0, 0.05) is 11.4 Å². The molecule has 1 saturated carbocycles. The van der Waals surface area contributed by atoms with Gasteiger partial charge in [-0.1, -0.05) is 32.1 Å². The lowest BCUT2D eigenvalue weighted by Crippen LogP contribution is -2.52. The van der Waals surface area contributed by atoms with Crippen LogP contribution in [0.3, 0.4) is 0 Å². The van der Waals surface area contributed by atoms with Crippen LogP contribution in [-0.2, 0) is 9.59 Å². The van der Waals surface area contributed by atoms with E-state index in [2.05, 4.69) is 15.5 Å². The molecule has 0 unspecified atom stereocenters. The molecular weight excluding hydrogens is 411 g/mol. The number of nitrogens with one attached hydrogen (secondary N) is 2. The Labute approximate surface area is 186 Å². The maximum absolute atomic E-state index is 12.5. The van der Waals surface area contributed by atoms with Crippen molar-refractivity contribution in [3.05, 3.63) is 24.3 Å². The molecule has 29 heavy (non-hydrogen) atoms. The molecule has 1 aromatic rings. The molecule has 4 N–H and O–H groups in total. The van der Waals surface area contributed by atoms with Gasteiger partial charge < -0.3 is 16.4 Å². The summed E-state index contributed by atoms with van der Waals surface area (Å²) < 4.78 is 0. The topological polar surface area (TPSA) is 87.5 Å². The van der Waals surface area contributed by atoms with E-state index in [1.165, 1.54) is 25.7 Å². The summed E-state index contributed by atoms with van der Waals surface area (Å²) in [6.45, 7) is 2.44. The van der Waals surface area contributed by atoms with Crippen LogP contribution in [0.25, 0.3) is 0 Å². The monoisotopic (exact) mass is 444 g/mol. The number of likely N-dealkylation sites (tertiary alicyclic amines) is 1. The lowest BCUT2D eigenvalue weighted by Gasteiger charge is -2.31. The van der Waals surface area contributed by atoms with E-state index in [4.69, 9.17) is 5.73 Å². The molecule has 0 bridgehead atoms. The summed E-state index contributed by atoms with van der Waals surface area (Å²) >= 11 is 0. The summed E-state index contributed by atoms with van der Waals surface area (Å²) in [5.41, 5.74) is 6.97. The number of amides is 2. The summed E-state index contributed by atoms with van der Waals surface area (Å²) in [6, 6.07) is 7.26. The number of nitrogens with two attached hydrogens (primary N) is 1. The van der Waals surface area contributed by atoms with Crippen molar-refractivity contribution in [2.45, 2.75) is 63.3 Å². The highest BCUT2D eigenvalue weighted by Gasteiger charge is 2.35. The van der Waals surface area contributed by atoms with Crippen LogP contribution in [0.15, 0.2) is 24.3 Å². The second kappa shape index (κ2) is 12.4. The molecule has 1 saturated heterocycles. The van der Waals surface area contributed by atoms with Gasteiger partial charge in [0.1, 0.15) is 0 Å². The molecule has 2 aliphatic rings. The Morgan fingerprint density at radius 2 is 1.31 bits per heavy atom. The minimum atomic E-state index is -0.752. The second-order valence-electron chi connectivity index (χ2n) is 7.99. The Bertz CT molecular complexity index is 641. The number of carbonyl (C=O) groups is 2. The average Bonchev–Trinajstić information content (AvgIpc) is 2.92. The van der Waals surface area contributed by atoms with Crippen molar-refractivity contribution < 1.29 is 9.59 Å². The lowest BCUT2D eigenvalue weighted by atomic mass is 9.82. The van der Waals surface area contributed by atoms with E-state index in [1.807, 2.05) is 24.3 Å². The summed E-state index contributed by atoms with van der Waals surface area (Å²) in [6.07, 6.45) is 9.50. The molecule has 6 nitrogen and oxygen atoms in total. The van der Waals surface area contributed by atoms with Crippen LogP contribution >= 0.6 is 24.8 Å². The third-order valence-electron chi connectivity index (χ3n) is 5.69. The van der Waals surface area contributed by atoms with Gasteiger partial charge in [-0.05, 0) is 63.0 Å². The van der Waals surface area contributed by atoms with Crippen molar-refractivity contribution in [2.75, 3.05) is 30.3 Å². The molecule has 2 amide bonds. The number of rotatable bonds is 5. The second-order valence-corrected chi connectivity index (χ2v) is 7.99. The predicted molar refractivity (Wildman–Crippen MR) is 123 cm³/mol. The molecule has 1 aliphatic heterocycles. The molecule has 0 atom stereocenters. The molecule has 0 radical (unpaired) electrons. The van der Waals surface area contributed by atoms with Crippen LogP contribution in [-0.4, -0.2) is 41.9 Å². The predicted octanol–water partition coefficient (Wildman–Crippen LogP) is 3.94. The fraction of sp³-hybridized carbons (Fsp3) is 0.619. The molecule has 0 spiro atoms.